The fourth-order valence-electron chi connectivity index (χ4n) is 3.94. The summed E-state index contributed by atoms with van der Waals surface area (Å²) >= 11 is 2.03. The van der Waals surface area contributed by atoms with Crippen molar-refractivity contribution < 1.29 is 0 Å². The number of nitrogens with zero attached hydrogens (tertiary/aromatic N) is 1. The van der Waals surface area contributed by atoms with Crippen molar-refractivity contribution in [3.05, 3.63) is 15.6 Å². The number of nitrogens with one attached hydrogen (secondary N) is 1. The van der Waals surface area contributed by atoms with E-state index in [4.69, 9.17) is 4.98 Å². The monoisotopic (exact) mass is 292 g/mol. The topological polar surface area (TPSA) is 24.9 Å². The van der Waals surface area contributed by atoms with Crippen LogP contribution in [0.25, 0.3) is 0 Å². The smallest absolute Gasteiger partial charge is 0.0962 e. The van der Waals surface area contributed by atoms with E-state index < -0.39 is 0 Å². The van der Waals surface area contributed by atoms with Crippen molar-refractivity contribution in [2.75, 3.05) is 6.54 Å². The zero-order valence-electron chi connectivity index (χ0n) is 13.0. The van der Waals surface area contributed by atoms with Crippen LogP contribution in [0.3, 0.4) is 0 Å². The maximum absolute atomic E-state index is 5.10. The van der Waals surface area contributed by atoms with Gasteiger partial charge in [0.25, 0.3) is 0 Å². The quantitative estimate of drug-likeness (QED) is 0.861. The summed E-state index contributed by atoms with van der Waals surface area (Å²) in [6.45, 7) is 5.61. The second-order valence-electron chi connectivity index (χ2n) is 6.50. The van der Waals surface area contributed by atoms with Crippen molar-refractivity contribution >= 4 is 11.3 Å². The molecule has 0 radical (unpaired) electrons. The molecule has 0 saturated heterocycles. The molecule has 3 rings (SSSR count). The summed E-state index contributed by atoms with van der Waals surface area (Å²) in [5.41, 5.74) is 1.40. The maximum Gasteiger partial charge on any atom is 0.0962 e. The molecular weight excluding hydrogens is 264 g/mol. The highest BCUT2D eigenvalue weighted by Gasteiger charge is 2.29. The summed E-state index contributed by atoms with van der Waals surface area (Å²) in [5, 5.41) is 5.08. The normalized spacial score (nSPS) is 30.2. The van der Waals surface area contributed by atoms with E-state index >= 15 is 0 Å². The number of hydrogen-bond donors (Lipinski definition) is 1. The molecule has 1 N–H and O–H groups in total. The molecule has 0 aromatic carbocycles. The van der Waals surface area contributed by atoms with Gasteiger partial charge in [-0.2, -0.15) is 0 Å². The maximum atomic E-state index is 5.10. The Balaban J connectivity index is 1.78. The molecule has 112 valence electrons. The molecule has 1 fully saturated rings. The SMILES string of the molecule is CCNC1CCCc2sc(C3CCCC(CC)C3)nc21. The predicted octanol–water partition coefficient (Wildman–Crippen LogP) is 4.81. The fourth-order valence-corrected chi connectivity index (χ4v) is 5.26. The van der Waals surface area contributed by atoms with E-state index in [1.807, 2.05) is 11.3 Å². The largest absolute Gasteiger partial charge is 0.309 e. The van der Waals surface area contributed by atoms with Crippen LogP contribution in [-0.4, -0.2) is 11.5 Å². The van der Waals surface area contributed by atoms with Crippen molar-refractivity contribution in [3.8, 4) is 0 Å². The van der Waals surface area contributed by atoms with Gasteiger partial charge in [0.15, 0.2) is 0 Å². The van der Waals surface area contributed by atoms with Crippen molar-refractivity contribution in [2.45, 2.75) is 77.2 Å². The third kappa shape index (κ3) is 2.94. The highest BCUT2D eigenvalue weighted by molar-refractivity contribution is 7.11. The molecule has 1 heterocycles. The van der Waals surface area contributed by atoms with E-state index in [9.17, 15) is 0 Å². The third-order valence-corrected chi connectivity index (χ3v) is 6.42. The number of fused-ring (bicyclic) bond motifs is 1. The average Bonchev–Trinajstić information content (AvgIpc) is 2.93. The molecule has 0 amide bonds. The molecule has 2 aliphatic carbocycles. The summed E-state index contributed by atoms with van der Waals surface area (Å²) in [4.78, 5) is 6.68. The van der Waals surface area contributed by atoms with E-state index in [2.05, 4.69) is 19.2 Å². The van der Waals surface area contributed by atoms with Gasteiger partial charge in [0.1, 0.15) is 0 Å². The Kier molecular flexibility index (Phi) is 4.77. The molecule has 0 aliphatic heterocycles. The van der Waals surface area contributed by atoms with Crippen LogP contribution in [0.2, 0.25) is 0 Å². The van der Waals surface area contributed by atoms with Gasteiger partial charge in [-0.25, -0.2) is 4.98 Å². The lowest BCUT2D eigenvalue weighted by molar-refractivity contribution is 0.313. The third-order valence-electron chi connectivity index (χ3n) is 5.13. The molecule has 1 aromatic heterocycles. The first-order chi connectivity index (χ1) is 9.81. The standard InChI is InChI=1S/C17H28N2S/c1-3-12-7-5-8-13(11-12)17-19-16-14(18-4-2)9-6-10-15(16)20-17/h12-14,18H,3-11H2,1-2H3. The van der Waals surface area contributed by atoms with Crippen LogP contribution < -0.4 is 5.32 Å². The van der Waals surface area contributed by atoms with Crippen molar-refractivity contribution in [1.82, 2.24) is 10.3 Å². The lowest BCUT2D eigenvalue weighted by Crippen LogP contribution is -2.24. The number of thiazole rings is 1. The summed E-state index contributed by atoms with van der Waals surface area (Å²) in [6.07, 6.45) is 10.8. The van der Waals surface area contributed by atoms with Gasteiger partial charge in [-0.05, 0) is 44.6 Å². The second kappa shape index (κ2) is 6.57. The summed E-state index contributed by atoms with van der Waals surface area (Å²) in [5.74, 6) is 1.70. The fraction of sp³-hybridized carbons (Fsp3) is 0.824. The van der Waals surface area contributed by atoms with E-state index in [0.717, 1.165) is 18.4 Å². The van der Waals surface area contributed by atoms with Gasteiger partial charge in [-0.15, -0.1) is 11.3 Å². The molecular formula is C17H28N2S. The van der Waals surface area contributed by atoms with Crippen LogP contribution in [0.15, 0.2) is 0 Å². The number of aromatic nitrogens is 1. The molecule has 1 saturated carbocycles. The highest BCUT2D eigenvalue weighted by atomic mass is 32.1. The molecule has 2 nitrogen and oxygen atoms in total. The zero-order chi connectivity index (χ0) is 13.9. The minimum atomic E-state index is 0.527. The van der Waals surface area contributed by atoms with Crippen LogP contribution in [0.5, 0.6) is 0 Å². The van der Waals surface area contributed by atoms with Crippen LogP contribution in [-0.2, 0) is 6.42 Å². The van der Waals surface area contributed by atoms with Crippen LogP contribution >= 0.6 is 11.3 Å². The van der Waals surface area contributed by atoms with Gasteiger partial charge < -0.3 is 5.32 Å². The van der Waals surface area contributed by atoms with Crippen LogP contribution in [0.1, 0.15) is 86.3 Å². The number of rotatable bonds is 4. The Morgan fingerprint density at radius 3 is 2.90 bits per heavy atom. The Morgan fingerprint density at radius 1 is 1.20 bits per heavy atom. The Labute approximate surface area is 127 Å². The average molecular weight is 292 g/mol. The molecule has 0 spiro atoms. The molecule has 0 bridgehead atoms. The molecule has 20 heavy (non-hydrogen) atoms. The van der Waals surface area contributed by atoms with Gasteiger partial charge >= 0.3 is 0 Å². The Hall–Kier alpha value is -0.410. The van der Waals surface area contributed by atoms with E-state index in [0.29, 0.717) is 6.04 Å². The lowest BCUT2D eigenvalue weighted by atomic mass is 9.80. The van der Waals surface area contributed by atoms with Crippen LogP contribution in [0, 0.1) is 5.92 Å². The zero-order valence-corrected chi connectivity index (χ0v) is 13.8. The van der Waals surface area contributed by atoms with Gasteiger partial charge in [0.2, 0.25) is 0 Å². The van der Waals surface area contributed by atoms with Gasteiger partial charge in [0.05, 0.1) is 16.7 Å². The summed E-state index contributed by atoms with van der Waals surface area (Å²) < 4.78 is 0. The summed E-state index contributed by atoms with van der Waals surface area (Å²) in [7, 11) is 0. The Bertz CT molecular complexity index is 440. The first kappa shape index (κ1) is 14.5. The first-order valence-corrected chi connectivity index (χ1v) is 9.36. The minimum Gasteiger partial charge on any atom is -0.309 e. The first-order valence-electron chi connectivity index (χ1n) is 8.54. The molecule has 2 aliphatic rings. The number of hydrogen-bond acceptors (Lipinski definition) is 3. The summed E-state index contributed by atoms with van der Waals surface area (Å²) in [6, 6.07) is 0.527. The van der Waals surface area contributed by atoms with Crippen molar-refractivity contribution in [3.63, 3.8) is 0 Å². The Morgan fingerprint density at radius 2 is 2.10 bits per heavy atom. The van der Waals surface area contributed by atoms with Gasteiger partial charge in [0, 0.05) is 10.8 Å². The van der Waals surface area contributed by atoms with Crippen molar-refractivity contribution in [1.29, 1.82) is 0 Å². The molecule has 1 aromatic rings. The minimum absolute atomic E-state index is 0.527. The van der Waals surface area contributed by atoms with Crippen LogP contribution in [0.4, 0.5) is 0 Å². The second-order valence-corrected chi connectivity index (χ2v) is 7.62. The van der Waals surface area contributed by atoms with Gasteiger partial charge in [-0.1, -0.05) is 33.1 Å². The van der Waals surface area contributed by atoms with E-state index in [1.165, 1.54) is 62.1 Å². The van der Waals surface area contributed by atoms with Gasteiger partial charge in [-0.3, -0.25) is 0 Å². The van der Waals surface area contributed by atoms with E-state index in [1.54, 1.807) is 4.88 Å². The van der Waals surface area contributed by atoms with E-state index in [-0.39, 0.29) is 0 Å². The molecule has 3 atom stereocenters. The lowest BCUT2D eigenvalue weighted by Gasteiger charge is -2.27. The molecule has 3 heteroatoms. The highest BCUT2D eigenvalue weighted by Crippen LogP contribution is 2.42. The van der Waals surface area contributed by atoms with Crippen molar-refractivity contribution in [2.24, 2.45) is 5.92 Å². The predicted molar refractivity (Wildman–Crippen MR) is 86.5 cm³/mol. The number of aryl methyl sites for hydroxylation is 1. The molecule has 3 unspecified atom stereocenters.